The van der Waals surface area contributed by atoms with Crippen molar-refractivity contribution in [3.63, 3.8) is 0 Å². The van der Waals surface area contributed by atoms with E-state index in [9.17, 15) is 4.79 Å². The fraction of sp³-hybridized carbons (Fsp3) is 0.294. The number of carbonyl (C=O) groups is 1. The summed E-state index contributed by atoms with van der Waals surface area (Å²) in [7, 11) is 0. The average molecular weight is 360 g/mol. The molecular formula is C17H18BrN3O. The van der Waals surface area contributed by atoms with Crippen molar-refractivity contribution < 1.29 is 4.79 Å². The highest BCUT2D eigenvalue weighted by molar-refractivity contribution is 9.10. The molecule has 5 heteroatoms. The summed E-state index contributed by atoms with van der Waals surface area (Å²) in [4.78, 5) is 16.2. The molecule has 1 aliphatic rings. The predicted octanol–water partition coefficient (Wildman–Crippen LogP) is 4.63. The molecular weight excluding hydrogens is 342 g/mol. The third-order valence-corrected chi connectivity index (χ3v) is 4.83. The summed E-state index contributed by atoms with van der Waals surface area (Å²) in [5.41, 5.74) is 2.89. The molecule has 0 atom stereocenters. The Morgan fingerprint density at radius 3 is 2.59 bits per heavy atom. The van der Waals surface area contributed by atoms with Gasteiger partial charge >= 0.3 is 0 Å². The Balaban J connectivity index is 1.63. The van der Waals surface area contributed by atoms with Crippen molar-refractivity contribution in [3.05, 3.63) is 46.6 Å². The molecule has 4 nitrogen and oxygen atoms in total. The molecule has 2 aromatic rings. The van der Waals surface area contributed by atoms with E-state index in [0.29, 0.717) is 0 Å². The van der Waals surface area contributed by atoms with Gasteiger partial charge in [-0.15, -0.1) is 0 Å². The van der Waals surface area contributed by atoms with E-state index < -0.39 is 0 Å². The second-order valence-corrected chi connectivity index (χ2v) is 6.49. The van der Waals surface area contributed by atoms with Gasteiger partial charge in [0.25, 0.3) is 0 Å². The van der Waals surface area contributed by atoms with E-state index in [2.05, 4.69) is 37.6 Å². The number of nitrogens with one attached hydrogen (secondary N) is 2. The third kappa shape index (κ3) is 3.47. The maximum Gasteiger partial charge on any atom is 0.227 e. The van der Waals surface area contributed by atoms with Crippen molar-refractivity contribution in [2.24, 2.45) is 5.92 Å². The lowest BCUT2D eigenvalue weighted by Gasteiger charge is -2.23. The molecule has 0 bridgehead atoms. The van der Waals surface area contributed by atoms with Crippen molar-refractivity contribution >= 4 is 39.0 Å². The number of rotatable bonds is 4. The second-order valence-electron chi connectivity index (χ2n) is 5.64. The Bertz CT molecular complexity index is 681. The number of pyridine rings is 1. The molecule has 1 fully saturated rings. The molecule has 1 saturated carbocycles. The van der Waals surface area contributed by atoms with Gasteiger partial charge in [0, 0.05) is 16.1 Å². The summed E-state index contributed by atoms with van der Waals surface area (Å²) in [6.45, 7) is 2.04. The Morgan fingerprint density at radius 1 is 1.23 bits per heavy atom. The first-order chi connectivity index (χ1) is 10.6. The van der Waals surface area contributed by atoms with Gasteiger partial charge in [0.2, 0.25) is 5.91 Å². The van der Waals surface area contributed by atoms with E-state index in [1.54, 1.807) is 6.20 Å². The fourth-order valence-electron chi connectivity index (χ4n) is 2.33. The van der Waals surface area contributed by atoms with Gasteiger partial charge < -0.3 is 10.6 Å². The van der Waals surface area contributed by atoms with E-state index in [0.717, 1.165) is 46.5 Å². The van der Waals surface area contributed by atoms with Crippen molar-refractivity contribution in [3.8, 4) is 0 Å². The van der Waals surface area contributed by atoms with E-state index in [4.69, 9.17) is 0 Å². The maximum atomic E-state index is 11.9. The molecule has 0 spiro atoms. The van der Waals surface area contributed by atoms with Crippen LogP contribution in [-0.4, -0.2) is 10.9 Å². The van der Waals surface area contributed by atoms with Crippen LogP contribution in [0, 0.1) is 12.8 Å². The summed E-state index contributed by atoms with van der Waals surface area (Å²) in [5.74, 6) is 1.05. The SMILES string of the molecule is Cc1cc(Nc2ccc(NC(=O)C3CCC3)cn2)ccc1Br. The number of hydrogen-bond acceptors (Lipinski definition) is 3. The average Bonchev–Trinajstić information content (AvgIpc) is 2.43. The maximum absolute atomic E-state index is 11.9. The summed E-state index contributed by atoms with van der Waals surface area (Å²) >= 11 is 3.49. The van der Waals surface area contributed by atoms with E-state index in [1.165, 1.54) is 0 Å². The van der Waals surface area contributed by atoms with Crippen LogP contribution < -0.4 is 10.6 Å². The number of hydrogen-bond donors (Lipinski definition) is 2. The molecule has 0 aliphatic heterocycles. The summed E-state index contributed by atoms with van der Waals surface area (Å²) in [6, 6.07) is 9.79. The van der Waals surface area contributed by atoms with Gasteiger partial charge in [0.15, 0.2) is 0 Å². The minimum absolute atomic E-state index is 0.109. The molecule has 22 heavy (non-hydrogen) atoms. The number of carbonyl (C=O) groups excluding carboxylic acids is 1. The Labute approximate surface area is 138 Å². The van der Waals surface area contributed by atoms with E-state index >= 15 is 0 Å². The second kappa shape index (κ2) is 6.48. The Morgan fingerprint density at radius 2 is 2.00 bits per heavy atom. The Kier molecular flexibility index (Phi) is 4.43. The van der Waals surface area contributed by atoms with Crippen LogP contribution in [0.25, 0.3) is 0 Å². The van der Waals surface area contributed by atoms with Crippen LogP contribution in [0.15, 0.2) is 41.0 Å². The van der Waals surface area contributed by atoms with Gasteiger partial charge in [0.1, 0.15) is 5.82 Å². The molecule has 2 N–H and O–H groups in total. The van der Waals surface area contributed by atoms with Crippen LogP contribution in [0.3, 0.4) is 0 Å². The molecule has 1 aromatic heterocycles. The standard InChI is InChI=1S/C17H18BrN3O/c1-11-9-13(5-7-15(11)18)20-16-8-6-14(10-19-16)21-17(22)12-3-2-4-12/h5-10,12H,2-4H2,1H3,(H,19,20)(H,21,22). The molecule has 1 aliphatic carbocycles. The molecule has 0 radical (unpaired) electrons. The lowest BCUT2D eigenvalue weighted by molar-refractivity contribution is -0.122. The normalized spacial score (nSPS) is 14.3. The van der Waals surface area contributed by atoms with Crippen LogP contribution in [0.4, 0.5) is 17.2 Å². The predicted molar refractivity (Wildman–Crippen MR) is 92.4 cm³/mol. The number of amides is 1. The van der Waals surface area contributed by atoms with Crippen molar-refractivity contribution in [1.29, 1.82) is 0 Å². The largest absolute Gasteiger partial charge is 0.340 e. The van der Waals surface area contributed by atoms with Gasteiger partial charge in [-0.25, -0.2) is 4.98 Å². The zero-order chi connectivity index (χ0) is 15.5. The highest BCUT2D eigenvalue weighted by Gasteiger charge is 2.25. The van der Waals surface area contributed by atoms with E-state index in [-0.39, 0.29) is 11.8 Å². The number of aromatic nitrogens is 1. The number of halogens is 1. The zero-order valence-electron chi connectivity index (χ0n) is 12.4. The summed E-state index contributed by atoms with van der Waals surface area (Å²) < 4.78 is 1.08. The quantitative estimate of drug-likeness (QED) is 0.836. The first-order valence-corrected chi connectivity index (χ1v) is 8.21. The van der Waals surface area contributed by atoms with Gasteiger partial charge in [-0.05, 0) is 55.7 Å². The monoisotopic (exact) mass is 359 g/mol. The minimum atomic E-state index is 0.109. The van der Waals surface area contributed by atoms with Crippen LogP contribution in [0.2, 0.25) is 0 Å². The Hall–Kier alpha value is -1.88. The van der Waals surface area contributed by atoms with Crippen molar-refractivity contribution in [2.75, 3.05) is 10.6 Å². The van der Waals surface area contributed by atoms with Gasteiger partial charge in [-0.2, -0.15) is 0 Å². The van der Waals surface area contributed by atoms with Gasteiger partial charge in [-0.3, -0.25) is 4.79 Å². The smallest absolute Gasteiger partial charge is 0.227 e. The van der Waals surface area contributed by atoms with Crippen LogP contribution in [-0.2, 0) is 4.79 Å². The highest BCUT2D eigenvalue weighted by Crippen LogP contribution is 2.28. The topological polar surface area (TPSA) is 54.0 Å². The minimum Gasteiger partial charge on any atom is -0.340 e. The summed E-state index contributed by atoms with van der Waals surface area (Å²) in [6.07, 6.45) is 4.85. The first-order valence-electron chi connectivity index (χ1n) is 7.42. The molecule has 114 valence electrons. The lowest BCUT2D eigenvalue weighted by Crippen LogP contribution is -2.28. The molecule has 1 heterocycles. The molecule has 1 aromatic carbocycles. The number of aryl methyl sites for hydroxylation is 1. The number of nitrogens with zero attached hydrogens (tertiary/aromatic N) is 1. The third-order valence-electron chi connectivity index (χ3n) is 3.94. The lowest BCUT2D eigenvalue weighted by atomic mass is 9.85. The van der Waals surface area contributed by atoms with Crippen LogP contribution >= 0.6 is 15.9 Å². The molecule has 0 saturated heterocycles. The number of anilines is 3. The molecule has 3 rings (SSSR count). The van der Waals surface area contributed by atoms with Crippen molar-refractivity contribution in [1.82, 2.24) is 4.98 Å². The van der Waals surface area contributed by atoms with Gasteiger partial charge in [0.05, 0.1) is 11.9 Å². The first kappa shape index (κ1) is 15.0. The van der Waals surface area contributed by atoms with E-state index in [1.807, 2.05) is 31.2 Å². The highest BCUT2D eigenvalue weighted by atomic mass is 79.9. The number of benzene rings is 1. The van der Waals surface area contributed by atoms with Gasteiger partial charge in [-0.1, -0.05) is 22.4 Å². The van der Waals surface area contributed by atoms with Crippen molar-refractivity contribution in [2.45, 2.75) is 26.2 Å². The molecule has 1 amide bonds. The van der Waals surface area contributed by atoms with Crippen LogP contribution in [0.5, 0.6) is 0 Å². The zero-order valence-corrected chi connectivity index (χ0v) is 14.0. The summed E-state index contributed by atoms with van der Waals surface area (Å²) in [5, 5.41) is 6.17. The van der Waals surface area contributed by atoms with Crippen LogP contribution in [0.1, 0.15) is 24.8 Å². The fourth-order valence-corrected chi connectivity index (χ4v) is 2.57. The molecule has 0 unspecified atom stereocenters.